The van der Waals surface area contributed by atoms with Crippen LogP contribution in [0.5, 0.6) is 5.75 Å². The molecule has 1 saturated heterocycles. The number of hydrogen-bond acceptors (Lipinski definition) is 4. The maximum absolute atomic E-state index is 13.8. The summed E-state index contributed by atoms with van der Waals surface area (Å²) < 4.78 is 41.3. The van der Waals surface area contributed by atoms with E-state index < -0.39 is 17.6 Å². The van der Waals surface area contributed by atoms with E-state index in [2.05, 4.69) is 4.90 Å². The second-order valence-electron chi connectivity index (χ2n) is 14.3. The number of piperazine rings is 1. The zero-order valence-corrected chi connectivity index (χ0v) is 26.1. The summed E-state index contributed by atoms with van der Waals surface area (Å²) in [5.41, 5.74) is 1.55. The lowest BCUT2D eigenvalue weighted by atomic mass is 9.49. The Morgan fingerprint density at radius 3 is 2.04 bits per heavy atom. The van der Waals surface area contributed by atoms with Gasteiger partial charge >= 0.3 is 6.18 Å². The monoisotopic (exact) mass is 631 g/mol. The Morgan fingerprint density at radius 2 is 1.46 bits per heavy atom. The van der Waals surface area contributed by atoms with Crippen LogP contribution in [0.4, 0.5) is 18.9 Å². The van der Waals surface area contributed by atoms with Crippen LogP contribution >= 0.6 is 0 Å². The molecule has 1 N–H and O–H groups in total. The molecule has 1 heterocycles. The van der Waals surface area contributed by atoms with Crippen LogP contribution in [0.25, 0.3) is 11.1 Å². The highest BCUT2D eigenvalue weighted by Gasteiger charge is 2.51. The largest absolute Gasteiger partial charge is 0.508 e. The molecular formula is C37H40F3N3O3. The molecule has 2 amide bonds. The third kappa shape index (κ3) is 6.08. The molecule has 5 fully saturated rings. The molecular weight excluding hydrogens is 591 g/mol. The van der Waals surface area contributed by atoms with Crippen molar-refractivity contribution in [2.75, 3.05) is 44.7 Å². The SMILES string of the molecule is CN(CC12CC3CC(CC(C3)C1)C2)C(=O)c1ccc(N2CCN(C(=O)c3cc(-c4cccc(O)c4)cc(C(F)(F)F)c3)CC2)cc1. The van der Waals surface area contributed by atoms with E-state index in [4.69, 9.17) is 0 Å². The molecule has 4 saturated carbocycles. The Hall–Kier alpha value is -4.01. The summed E-state index contributed by atoms with van der Waals surface area (Å²) in [4.78, 5) is 32.5. The van der Waals surface area contributed by atoms with E-state index in [0.29, 0.717) is 37.3 Å². The Bertz CT molecular complexity index is 1590. The lowest BCUT2D eigenvalue weighted by molar-refractivity contribution is -0.137. The van der Waals surface area contributed by atoms with Gasteiger partial charge in [-0.2, -0.15) is 13.2 Å². The van der Waals surface area contributed by atoms with Crippen molar-refractivity contribution in [1.29, 1.82) is 0 Å². The summed E-state index contributed by atoms with van der Waals surface area (Å²) in [6, 6.07) is 16.9. The maximum atomic E-state index is 13.8. The molecule has 3 aromatic rings. The van der Waals surface area contributed by atoms with Crippen molar-refractivity contribution in [3.8, 4) is 16.9 Å². The highest BCUT2D eigenvalue weighted by atomic mass is 19.4. The van der Waals surface area contributed by atoms with Crippen LogP contribution in [0, 0.1) is 23.2 Å². The number of benzene rings is 3. The molecule has 6 nitrogen and oxygen atoms in total. The molecule has 242 valence electrons. The zero-order chi connectivity index (χ0) is 32.2. The van der Waals surface area contributed by atoms with Crippen molar-refractivity contribution in [1.82, 2.24) is 9.80 Å². The van der Waals surface area contributed by atoms with Crippen LogP contribution in [0.3, 0.4) is 0 Å². The third-order valence-corrected chi connectivity index (χ3v) is 10.8. The minimum absolute atomic E-state index is 0.0397. The molecule has 0 spiro atoms. The number of anilines is 1. The van der Waals surface area contributed by atoms with Gasteiger partial charge in [-0.1, -0.05) is 12.1 Å². The van der Waals surface area contributed by atoms with Gasteiger partial charge in [0.1, 0.15) is 5.75 Å². The zero-order valence-electron chi connectivity index (χ0n) is 26.1. The Labute approximate surface area is 267 Å². The topological polar surface area (TPSA) is 64.1 Å². The molecule has 1 aliphatic heterocycles. The maximum Gasteiger partial charge on any atom is 0.416 e. The molecule has 9 heteroatoms. The molecule has 4 aliphatic carbocycles. The molecule has 0 atom stereocenters. The van der Waals surface area contributed by atoms with Gasteiger partial charge in [-0.3, -0.25) is 9.59 Å². The van der Waals surface area contributed by atoms with Gasteiger partial charge in [0.25, 0.3) is 11.8 Å². The van der Waals surface area contributed by atoms with Crippen LogP contribution in [0.2, 0.25) is 0 Å². The van der Waals surface area contributed by atoms with Gasteiger partial charge in [0.15, 0.2) is 0 Å². The smallest absolute Gasteiger partial charge is 0.416 e. The summed E-state index contributed by atoms with van der Waals surface area (Å²) in [6.45, 7) is 2.57. The van der Waals surface area contributed by atoms with Crippen molar-refractivity contribution in [2.24, 2.45) is 23.2 Å². The van der Waals surface area contributed by atoms with E-state index in [9.17, 15) is 27.9 Å². The second-order valence-corrected chi connectivity index (χ2v) is 14.3. The average Bonchev–Trinajstić information content (AvgIpc) is 3.03. The van der Waals surface area contributed by atoms with Crippen molar-refractivity contribution in [2.45, 2.75) is 44.7 Å². The molecule has 5 aliphatic rings. The summed E-state index contributed by atoms with van der Waals surface area (Å²) >= 11 is 0. The number of carbonyl (C=O) groups excluding carboxylic acids is 2. The van der Waals surface area contributed by atoms with Gasteiger partial charge in [0.05, 0.1) is 5.56 Å². The van der Waals surface area contributed by atoms with E-state index in [-0.39, 0.29) is 28.2 Å². The second kappa shape index (κ2) is 11.7. The highest BCUT2D eigenvalue weighted by molar-refractivity contribution is 5.96. The summed E-state index contributed by atoms with van der Waals surface area (Å²) in [7, 11) is 1.93. The van der Waals surface area contributed by atoms with E-state index in [1.54, 1.807) is 17.0 Å². The molecule has 46 heavy (non-hydrogen) atoms. The minimum Gasteiger partial charge on any atom is -0.508 e. The van der Waals surface area contributed by atoms with Crippen molar-refractivity contribution >= 4 is 17.5 Å². The van der Waals surface area contributed by atoms with Crippen LogP contribution in [0.1, 0.15) is 64.8 Å². The number of alkyl halides is 3. The summed E-state index contributed by atoms with van der Waals surface area (Å²) in [5, 5.41) is 9.85. The van der Waals surface area contributed by atoms with E-state index in [1.807, 2.05) is 36.2 Å². The van der Waals surface area contributed by atoms with Gasteiger partial charge in [-0.15, -0.1) is 0 Å². The van der Waals surface area contributed by atoms with Gasteiger partial charge in [0.2, 0.25) is 0 Å². The average molecular weight is 632 g/mol. The lowest BCUT2D eigenvalue weighted by Crippen LogP contribution is -2.51. The molecule has 0 aromatic heterocycles. The Balaban J connectivity index is 0.986. The third-order valence-electron chi connectivity index (χ3n) is 10.8. The first-order valence-corrected chi connectivity index (χ1v) is 16.4. The Morgan fingerprint density at radius 1 is 0.826 bits per heavy atom. The van der Waals surface area contributed by atoms with Crippen LogP contribution in [-0.4, -0.2) is 66.5 Å². The minimum atomic E-state index is -4.63. The highest BCUT2D eigenvalue weighted by Crippen LogP contribution is 2.60. The van der Waals surface area contributed by atoms with Crippen molar-refractivity contribution < 1.29 is 27.9 Å². The van der Waals surface area contributed by atoms with Crippen molar-refractivity contribution in [3.05, 3.63) is 83.4 Å². The molecule has 0 radical (unpaired) electrons. The number of phenolic OH excluding ortho intramolecular Hbond substituents is 1. The number of carbonyl (C=O) groups is 2. The van der Waals surface area contributed by atoms with Gasteiger partial charge < -0.3 is 19.8 Å². The lowest BCUT2D eigenvalue weighted by Gasteiger charge is -2.57. The molecule has 4 bridgehead atoms. The normalized spacial score (nSPS) is 25.5. The molecule has 3 aromatic carbocycles. The predicted molar refractivity (Wildman–Crippen MR) is 171 cm³/mol. The van der Waals surface area contributed by atoms with Crippen molar-refractivity contribution in [3.63, 3.8) is 0 Å². The van der Waals surface area contributed by atoms with Crippen LogP contribution in [-0.2, 0) is 6.18 Å². The number of phenols is 1. The van der Waals surface area contributed by atoms with E-state index in [0.717, 1.165) is 42.1 Å². The fraction of sp³-hybridized carbons (Fsp3) is 0.459. The predicted octanol–water partition coefficient (Wildman–Crippen LogP) is 7.33. The van der Waals surface area contributed by atoms with Gasteiger partial charge in [0, 0.05) is 56.6 Å². The fourth-order valence-corrected chi connectivity index (χ4v) is 9.21. The standard InChI is InChI=1S/C37H40F3N3O3/c1-41(23-36-20-24-13-25(21-36)15-26(14-24)22-36)34(45)27-5-7-32(8-6-27)42-9-11-43(12-10-42)35(46)30-16-29(17-31(18-30)37(38,39)40)28-3-2-4-33(44)19-28/h2-8,16-19,24-26,44H,9-15,20-23H2,1H3. The number of hydrogen-bond donors (Lipinski definition) is 1. The number of nitrogens with zero attached hydrogens (tertiary/aromatic N) is 3. The van der Waals surface area contributed by atoms with Crippen LogP contribution < -0.4 is 4.90 Å². The molecule has 0 unspecified atom stereocenters. The number of rotatable bonds is 6. The first-order valence-electron chi connectivity index (χ1n) is 16.4. The number of aromatic hydroxyl groups is 1. The van der Waals surface area contributed by atoms with Gasteiger partial charge in [-0.05, 0) is 127 Å². The number of halogens is 3. The molecule has 8 rings (SSSR count). The fourth-order valence-electron chi connectivity index (χ4n) is 9.21. The first kappa shape index (κ1) is 30.6. The van der Waals surface area contributed by atoms with Crippen LogP contribution in [0.15, 0.2) is 66.7 Å². The Kier molecular flexibility index (Phi) is 7.76. The number of amides is 2. The van der Waals surface area contributed by atoms with E-state index in [1.165, 1.54) is 56.7 Å². The van der Waals surface area contributed by atoms with Gasteiger partial charge in [-0.25, -0.2) is 0 Å². The quantitative estimate of drug-likeness (QED) is 0.310. The first-order chi connectivity index (χ1) is 21.9. The summed E-state index contributed by atoms with van der Waals surface area (Å²) in [5.74, 6) is 2.05. The van der Waals surface area contributed by atoms with E-state index >= 15 is 0 Å². The summed E-state index contributed by atoms with van der Waals surface area (Å²) in [6.07, 6.45) is 3.30.